The molecule has 0 heterocycles. The summed E-state index contributed by atoms with van der Waals surface area (Å²) in [6.45, 7) is 0. The number of ketones is 1. The van der Waals surface area contributed by atoms with Crippen LogP contribution in [0.3, 0.4) is 0 Å². The van der Waals surface area contributed by atoms with E-state index in [0.717, 1.165) is 12.3 Å². The van der Waals surface area contributed by atoms with Crippen molar-refractivity contribution in [2.24, 2.45) is 5.73 Å². The number of carbonyl (C=O) groups excluding carboxylic acids is 2. The van der Waals surface area contributed by atoms with Gasteiger partial charge >= 0.3 is 5.97 Å². The molecule has 0 aliphatic carbocycles. The lowest BCUT2D eigenvalue weighted by atomic mass is 10.2. The minimum Gasteiger partial charge on any atom is -0.404 e. The number of nitrogens with two attached hydrogens (primary N) is 1. The van der Waals surface area contributed by atoms with Crippen molar-refractivity contribution in [3.63, 3.8) is 0 Å². The molecule has 0 rings (SSSR count). The topological polar surface area (TPSA) is 93.2 Å². The van der Waals surface area contributed by atoms with E-state index in [1.807, 2.05) is 0 Å². The molecule has 0 aromatic carbocycles. The van der Waals surface area contributed by atoms with Gasteiger partial charge in [0.2, 0.25) is 5.78 Å². The minimum absolute atomic E-state index is 0.749. The highest BCUT2D eigenvalue weighted by molar-refractivity contribution is 6.65. The van der Waals surface area contributed by atoms with Crippen LogP contribution >= 0.6 is 0 Å². The summed E-state index contributed by atoms with van der Waals surface area (Å²) in [7, 11) is 0. The maximum Gasteiger partial charge on any atom is 0.401 e. The van der Waals surface area contributed by atoms with Crippen LogP contribution in [0.2, 0.25) is 0 Å². The molecule has 0 atom stereocenters. The number of hydrogen-bond donors (Lipinski definition) is 2. The van der Waals surface area contributed by atoms with Crippen molar-refractivity contribution in [1.29, 1.82) is 5.41 Å². The number of nitrogens with one attached hydrogen (secondary N) is 1. The van der Waals surface area contributed by atoms with Crippen molar-refractivity contribution in [1.82, 2.24) is 0 Å². The van der Waals surface area contributed by atoms with Crippen molar-refractivity contribution in [3.8, 4) is 0 Å². The van der Waals surface area contributed by atoms with Gasteiger partial charge in [-0.25, -0.2) is 9.74 Å². The first kappa shape index (κ1) is 9.28. The van der Waals surface area contributed by atoms with E-state index < -0.39 is 17.5 Å². The van der Waals surface area contributed by atoms with E-state index in [2.05, 4.69) is 4.94 Å². The molecule has 0 bridgehead atoms. The molecule has 0 saturated carbocycles. The Morgan fingerprint density at radius 2 is 2.09 bits per heavy atom. The van der Waals surface area contributed by atoms with Crippen LogP contribution in [0, 0.1) is 5.41 Å². The molecular formula is C5H5FN2O3. The summed E-state index contributed by atoms with van der Waals surface area (Å²) in [5.41, 5.74) is 3.66. The van der Waals surface area contributed by atoms with Gasteiger partial charge in [0.05, 0.1) is 0 Å². The third kappa shape index (κ3) is 2.57. The molecular weight excluding hydrogens is 155 g/mol. The second-order valence-electron chi connectivity index (χ2n) is 1.46. The third-order valence-corrected chi connectivity index (χ3v) is 0.768. The highest BCUT2D eigenvalue weighted by Gasteiger charge is 2.17. The molecule has 0 radical (unpaired) electrons. The standard InChI is InChI=1S/C5H5FN2O3/c6-11-5(10)4(8)3(9)1-2-7/h1-2,8H,7H2/b2-1-,8-4?. The van der Waals surface area contributed by atoms with Crippen molar-refractivity contribution in [3.05, 3.63) is 12.3 Å². The van der Waals surface area contributed by atoms with Crippen LogP contribution in [0.25, 0.3) is 0 Å². The van der Waals surface area contributed by atoms with Crippen LogP contribution in [-0.2, 0) is 14.5 Å². The Labute approximate surface area is 61.0 Å². The van der Waals surface area contributed by atoms with Gasteiger partial charge in [0.1, 0.15) is 0 Å². The number of carbonyl (C=O) groups is 2. The van der Waals surface area contributed by atoms with Crippen LogP contribution in [-0.4, -0.2) is 17.5 Å². The summed E-state index contributed by atoms with van der Waals surface area (Å²) in [6, 6.07) is 0. The number of rotatable bonds is 3. The molecule has 0 aromatic heterocycles. The fraction of sp³-hybridized carbons (Fsp3) is 0. The van der Waals surface area contributed by atoms with Gasteiger partial charge < -0.3 is 5.73 Å². The normalized spacial score (nSPS) is 9.55. The molecule has 60 valence electrons. The largest absolute Gasteiger partial charge is 0.404 e. The SMILES string of the molecule is N=C(C(=O)/C=C\N)C(=O)OF. The van der Waals surface area contributed by atoms with Crippen LogP contribution < -0.4 is 5.73 Å². The Morgan fingerprint density at radius 1 is 1.55 bits per heavy atom. The number of hydrogen-bond acceptors (Lipinski definition) is 5. The summed E-state index contributed by atoms with van der Waals surface area (Å²) in [5, 5.41) is 6.63. The first-order chi connectivity index (χ1) is 5.13. The number of halogens is 1. The summed E-state index contributed by atoms with van der Waals surface area (Å²) >= 11 is 0. The van der Waals surface area contributed by atoms with E-state index in [-0.39, 0.29) is 0 Å². The Hall–Kier alpha value is -1.72. The van der Waals surface area contributed by atoms with Crippen molar-refractivity contribution >= 4 is 17.5 Å². The highest BCUT2D eigenvalue weighted by atomic mass is 19.3. The van der Waals surface area contributed by atoms with Crippen molar-refractivity contribution in [2.75, 3.05) is 0 Å². The zero-order valence-electron chi connectivity index (χ0n) is 5.33. The Kier molecular flexibility index (Phi) is 3.50. The molecule has 0 aliphatic heterocycles. The van der Waals surface area contributed by atoms with Gasteiger partial charge in [0.25, 0.3) is 0 Å². The smallest absolute Gasteiger partial charge is 0.401 e. The fourth-order valence-electron chi connectivity index (χ4n) is 0.310. The second-order valence-corrected chi connectivity index (χ2v) is 1.46. The van der Waals surface area contributed by atoms with Gasteiger partial charge in [0, 0.05) is 10.6 Å². The van der Waals surface area contributed by atoms with Gasteiger partial charge in [-0.2, -0.15) is 0 Å². The summed E-state index contributed by atoms with van der Waals surface area (Å²) in [5.74, 6) is -2.64. The first-order valence-electron chi connectivity index (χ1n) is 2.47. The minimum atomic E-state index is -1.63. The Bertz CT molecular complexity index is 224. The van der Waals surface area contributed by atoms with Gasteiger partial charge in [-0.15, -0.1) is 0 Å². The highest BCUT2D eigenvalue weighted by Crippen LogP contribution is 1.85. The van der Waals surface area contributed by atoms with E-state index >= 15 is 0 Å². The molecule has 11 heavy (non-hydrogen) atoms. The molecule has 6 heteroatoms. The van der Waals surface area contributed by atoms with E-state index in [1.54, 1.807) is 0 Å². The van der Waals surface area contributed by atoms with E-state index in [0.29, 0.717) is 0 Å². The Morgan fingerprint density at radius 3 is 2.45 bits per heavy atom. The van der Waals surface area contributed by atoms with Gasteiger partial charge in [-0.1, -0.05) is 0 Å². The van der Waals surface area contributed by atoms with Crippen molar-refractivity contribution < 1.29 is 19.1 Å². The summed E-state index contributed by atoms with van der Waals surface area (Å²) in [6.07, 6.45) is 1.58. The molecule has 0 unspecified atom stereocenters. The first-order valence-corrected chi connectivity index (χ1v) is 2.47. The number of allylic oxidation sites excluding steroid dienone is 1. The average molecular weight is 160 g/mol. The molecule has 5 nitrogen and oxygen atoms in total. The predicted molar refractivity (Wildman–Crippen MR) is 33.3 cm³/mol. The van der Waals surface area contributed by atoms with E-state index in [1.165, 1.54) is 0 Å². The lowest BCUT2D eigenvalue weighted by molar-refractivity contribution is -0.174. The average Bonchev–Trinajstić information content (AvgIpc) is 2.02. The van der Waals surface area contributed by atoms with Crippen LogP contribution in [0.1, 0.15) is 0 Å². The molecule has 0 saturated heterocycles. The maximum atomic E-state index is 11.0. The van der Waals surface area contributed by atoms with Crippen LogP contribution in [0.15, 0.2) is 12.3 Å². The predicted octanol–water partition coefficient (Wildman–Crippen LogP) is -0.525. The van der Waals surface area contributed by atoms with Gasteiger partial charge in [0.15, 0.2) is 5.71 Å². The quantitative estimate of drug-likeness (QED) is 0.330. The Balaban J connectivity index is 4.26. The zero-order valence-corrected chi connectivity index (χ0v) is 5.33. The van der Waals surface area contributed by atoms with Crippen LogP contribution in [0.4, 0.5) is 4.53 Å². The molecule has 0 aliphatic rings. The van der Waals surface area contributed by atoms with E-state index in [4.69, 9.17) is 11.1 Å². The van der Waals surface area contributed by atoms with Gasteiger partial charge in [-0.3, -0.25) is 10.2 Å². The molecule has 0 aromatic rings. The monoisotopic (exact) mass is 160 g/mol. The summed E-state index contributed by atoms with van der Waals surface area (Å²) in [4.78, 5) is 23.2. The molecule has 0 fully saturated rings. The van der Waals surface area contributed by atoms with Gasteiger partial charge in [-0.05, 0) is 6.20 Å². The maximum absolute atomic E-state index is 11.0. The lowest BCUT2D eigenvalue weighted by Crippen LogP contribution is -2.21. The zero-order chi connectivity index (χ0) is 8.85. The van der Waals surface area contributed by atoms with Crippen molar-refractivity contribution in [2.45, 2.75) is 0 Å². The third-order valence-electron chi connectivity index (χ3n) is 0.768. The second kappa shape index (κ2) is 4.15. The fourth-order valence-corrected chi connectivity index (χ4v) is 0.310. The molecule has 0 amide bonds. The molecule has 0 spiro atoms. The van der Waals surface area contributed by atoms with E-state index in [9.17, 15) is 14.1 Å². The summed E-state index contributed by atoms with van der Waals surface area (Å²) < 4.78 is 11.0. The lowest BCUT2D eigenvalue weighted by Gasteiger charge is -1.90. The van der Waals surface area contributed by atoms with Crippen LogP contribution in [0.5, 0.6) is 0 Å². The molecule has 3 N–H and O–H groups in total.